The summed E-state index contributed by atoms with van der Waals surface area (Å²) in [6, 6.07) is 0. The van der Waals surface area contributed by atoms with Gasteiger partial charge in [-0.25, -0.2) is 0 Å². The van der Waals surface area contributed by atoms with Crippen molar-refractivity contribution in [1.29, 1.82) is 0 Å². The highest BCUT2D eigenvalue weighted by Gasteiger charge is 2.20. The molecular formula is C7H15N. The van der Waals surface area contributed by atoms with Gasteiger partial charge in [-0.05, 0) is 24.9 Å². The standard InChI is InChI=1S/C7H15N/c1-3-7-5-8-4-6(7)2/h6-8H,3-5H2,1-2H3/t6-,7?/m1/s1. The molecule has 1 heterocycles. The molecule has 1 aliphatic heterocycles. The highest BCUT2D eigenvalue weighted by molar-refractivity contribution is 4.76. The Hall–Kier alpha value is -0.0400. The highest BCUT2D eigenvalue weighted by atomic mass is 14.9. The van der Waals surface area contributed by atoms with Gasteiger partial charge in [0.05, 0.1) is 0 Å². The van der Waals surface area contributed by atoms with Crippen LogP contribution in [0.3, 0.4) is 0 Å². The van der Waals surface area contributed by atoms with E-state index in [4.69, 9.17) is 0 Å². The van der Waals surface area contributed by atoms with Gasteiger partial charge in [0.2, 0.25) is 0 Å². The molecule has 0 saturated carbocycles. The number of hydrogen-bond acceptors (Lipinski definition) is 1. The van der Waals surface area contributed by atoms with Crippen LogP contribution in [0.5, 0.6) is 0 Å². The SMILES string of the molecule is CCC1CNC[C@H]1C. The average Bonchev–Trinajstić information content (AvgIpc) is 2.14. The van der Waals surface area contributed by atoms with Crippen LogP contribution in [0, 0.1) is 11.8 Å². The predicted molar refractivity (Wildman–Crippen MR) is 35.8 cm³/mol. The lowest BCUT2D eigenvalue weighted by Gasteiger charge is -2.08. The molecule has 1 heteroatoms. The number of rotatable bonds is 1. The van der Waals surface area contributed by atoms with E-state index in [1.54, 1.807) is 0 Å². The Morgan fingerprint density at radius 3 is 2.50 bits per heavy atom. The second kappa shape index (κ2) is 2.49. The van der Waals surface area contributed by atoms with Crippen LogP contribution in [-0.4, -0.2) is 13.1 Å². The van der Waals surface area contributed by atoms with E-state index in [2.05, 4.69) is 19.2 Å². The normalized spacial score (nSPS) is 38.2. The Morgan fingerprint density at radius 1 is 1.50 bits per heavy atom. The molecular weight excluding hydrogens is 98.1 g/mol. The van der Waals surface area contributed by atoms with E-state index in [0.29, 0.717) is 0 Å². The van der Waals surface area contributed by atoms with E-state index in [9.17, 15) is 0 Å². The maximum Gasteiger partial charge on any atom is -0.00175 e. The van der Waals surface area contributed by atoms with E-state index < -0.39 is 0 Å². The van der Waals surface area contributed by atoms with Crippen LogP contribution in [0.25, 0.3) is 0 Å². The van der Waals surface area contributed by atoms with Crippen molar-refractivity contribution >= 4 is 0 Å². The van der Waals surface area contributed by atoms with Crippen molar-refractivity contribution in [3.05, 3.63) is 0 Å². The first-order valence-corrected chi connectivity index (χ1v) is 3.55. The molecule has 0 aromatic carbocycles. The lowest BCUT2D eigenvalue weighted by atomic mass is 9.96. The van der Waals surface area contributed by atoms with Crippen molar-refractivity contribution < 1.29 is 0 Å². The molecule has 2 atom stereocenters. The Bertz CT molecular complexity index is 70.8. The molecule has 0 aliphatic carbocycles. The van der Waals surface area contributed by atoms with Crippen LogP contribution in [0.15, 0.2) is 0 Å². The summed E-state index contributed by atoms with van der Waals surface area (Å²) in [4.78, 5) is 0. The molecule has 0 aromatic rings. The largest absolute Gasteiger partial charge is 0.316 e. The third-order valence-corrected chi connectivity index (χ3v) is 2.20. The predicted octanol–water partition coefficient (Wildman–Crippen LogP) is 1.25. The van der Waals surface area contributed by atoms with Crippen LogP contribution >= 0.6 is 0 Å². The van der Waals surface area contributed by atoms with Crippen molar-refractivity contribution in [3.63, 3.8) is 0 Å². The van der Waals surface area contributed by atoms with Gasteiger partial charge in [0.15, 0.2) is 0 Å². The van der Waals surface area contributed by atoms with Gasteiger partial charge in [0, 0.05) is 0 Å². The molecule has 0 amide bonds. The first kappa shape index (κ1) is 6.09. The summed E-state index contributed by atoms with van der Waals surface area (Å²) in [5.41, 5.74) is 0. The molecule has 1 N–H and O–H groups in total. The zero-order valence-electron chi connectivity index (χ0n) is 5.78. The van der Waals surface area contributed by atoms with Crippen LogP contribution in [0.1, 0.15) is 20.3 Å². The van der Waals surface area contributed by atoms with Crippen molar-refractivity contribution in [2.75, 3.05) is 13.1 Å². The van der Waals surface area contributed by atoms with E-state index in [1.807, 2.05) is 0 Å². The Morgan fingerprint density at radius 2 is 2.25 bits per heavy atom. The van der Waals surface area contributed by atoms with Crippen LogP contribution in [0.4, 0.5) is 0 Å². The summed E-state index contributed by atoms with van der Waals surface area (Å²) in [5, 5.41) is 3.37. The number of hydrogen-bond donors (Lipinski definition) is 1. The Kier molecular flexibility index (Phi) is 1.90. The summed E-state index contributed by atoms with van der Waals surface area (Å²) in [7, 11) is 0. The van der Waals surface area contributed by atoms with Gasteiger partial charge in [-0.15, -0.1) is 0 Å². The third-order valence-electron chi connectivity index (χ3n) is 2.20. The van der Waals surface area contributed by atoms with Gasteiger partial charge >= 0.3 is 0 Å². The minimum Gasteiger partial charge on any atom is -0.316 e. The zero-order valence-corrected chi connectivity index (χ0v) is 5.78. The summed E-state index contributed by atoms with van der Waals surface area (Å²) in [6.45, 7) is 7.08. The molecule has 1 aliphatic rings. The van der Waals surface area contributed by atoms with Gasteiger partial charge in [0.25, 0.3) is 0 Å². The van der Waals surface area contributed by atoms with Crippen molar-refractivity contribution in [2.24, 2.45) is 11.8 Å². The van der Waals surface area contributed by atoms with Gasteiger partial charge < -0.3 is 5.32 Å². The fourth-order valence-corrected chi connectivity index (χ4v) is 1.41. The first-order valence-electron chi connectivity index (χ1n) is 3.55. The summed E-state index contributed by atoms with van der Waals surface area (Å²) in [6.07, 6.45) is 1.34. The molecule has 48 valence electrons. The molecule has 1 unspecified atom stereocenters. The summed E-state index contributed by atoms with van der Waals surface area (Å²) >= 11 is 0. The fourth-order valence-electron chi connectivity index (χ4n) is 1.41. The van der Waals surface area contributed by atoms with Gasteiger partial charge in [0.1, 0.15) is 0 Å². The topological polar surface area (TPSA) is 12.0 Å². The molecule has 1 rings (SSSR count). The number of nitrogens with one attached hydrogen (secondary N) is 1. The monoisotopic (exact) mass is 113 g/mol. The maximum atomic E-state index is 3.37. The molecule has 1 saturated heterocycles. The van der Waals surface area contributed by atoms with Crippen LogP contribution < -0.4 is 5.32 Å². The molecule has 8 heavy (non-hydrogen) atoms. The van der Waals surface area contributed by atoms with E-state index in [-0.39, 0.29) is 0 Å². The quantitative estimate of drug-likeness (QED) is 0.539. The Labute approximate surface area is 51.5 Å². The molecule has 0 radical (unpaired) electrons. The second-order valence-corrected chi connectivity index (χ2v) is 2.80. The fraction of sp³-hybridized carbons (Fsp3) is 1.00. The van der Waals surface area contributed by atoms with E-state index in [1.165, 1.54) is 19.5 Å². The summed E-state index contributed by atoms with van der Waals surface area (Å²) in [5.74, 6) is 1.87. The minimum atomic E-state index is 0.917. The van der Waals surface area contributed by atoms with E-state index in [0.717, 1.165) is 11.8 Å². The van der Waals surface area contributed by atoms with Crippen LogP contribution in [0.2, 0.25) is 0 Å². The third kappa shape index (κ3) is 1.03. The second-order valence-electron chi connectivity index (χ2n) is 2.80. The maximum absolute atomic E-state index is 3.37. The summed E-state index contributed by atoms with van der Waals surface area (Å²) < 4.78 is 0. The molecule has 0 aromatic heterocycles. The van der Waals surface area contributed by atoms with Gasteiger partial charge in [-0.2, -0.15) is 0 Å². The van der Waals surface area contributed by atoms with Crippen molar-refractivity contribution in [3.8, 4) is 0 Å². The van der Waals surface area contributed by atoms with Crippen molar-refractivity contribution in [1.82, 2.24) is 5.32 Å². The van der Waals surface area contributed by atoms with Gasteiger partial charge in [-0.3, -0.25) is 0 Å². The lowest BCUT2D eigenvalue weighted by molar-refractivity contribution is 0.440. The highest BCUT2D eigenvalue weighted by Crippen LogP contribution is 2.17. The molecule has 1 nitrogen and oxygen atoms in total. The van der Waals surface area contributed by atoms with Crippen LogP contribution in [-0.2, 0) is 0 Å². The lowest BCUT2D eigenvalue weighted by Crippen LogP contribution is -2.07. The first-order chi connectivity index (χ1) is 3.84. The van der Waals surface area contributed by atoms with Crippen molar-refractivity contribution in [2.45, 2.75) is 20.3 Å². The molecule has 0 bridgehead atoms. The van der Waals surface area contributed by atoms with E-state index >= 15 is 0 Å². The Balaban J connectivity index is 2.30. The molecule has 1 fully saturated rings. The average molecular weight is 113 g/mol. The van der Waals surface area contributed by atoms with Gasteiger partial charge in [-0.1, -0.05) is 20.3 Å². The zero-order chi connectivity index (χ0) is 5.98. The molecule has 0 spiro atoms. The smallest absolute Gasteiger partial charge is 0.00175 e. The minimum absolute atomic E-state index is 0.917.